The molecular weight excluding hydrogens is 436 g/mol. The molecule has 0 aliphatic carbocycles. The number of H-pyrrole nitrogens is 1. The number of hydrogen-bond donors (Lipinski definition) is 5. The topological polar surface area (TPSA) is 136 Å². The molecule has 0 unspecified atom stereocenters. The highest BCUT2D eigenvalue weighted by molar-refractivity contribution is 5.83. The molecule has 0 saturated carbocycles. The Morgan fingerprint density at radius 2 is 1.21 bits per heavy atom. The van der Waals surface area contributed by atoms with E-state index in [2.05, 4.69) is 4.98 Å². The maximum Gasteiger partial charge on any atom is 0.192 e. The zero-order valence-electron chi connectivity index (χ0n) is 20.7. The molecule has 0 spiro atoms. The molecule has 8 heteroatoms. The summed E-state index contributed by atoms with van der Waals surface area (Å²) in [6.07, 6.45) is 3.32. The lowest BCUT2D eigenvalue weighted by Crippen LogP contribution is -2.11. The predicted molar refractivity (Wildman–Crippen MR) is 137 cm³/mol. The largest absolute Gasteiger partial charge is 0.504 e. The van der Waals surface area contributed by atoms with E-state index in [0.717, 1.165) is 0 Å². The lowest BCUT2D eigenvalue weighted by molar-refractivity contribution is 0.404. The molecule has 0 saturated heterocycles. The fourth-order valence-electron chi connectivity index (χ4n) is 3.17. The van der Waals surface area contributed by atoms with Gasteiger partial charge in [-0.1, -0.05) is 27.7 Å². The Hall–Kier alpha value is -3.94. The van der Waals surface area contributed by atoms with Crippen LogP contribution in [0.3, 0.4) is 0 Å². The first kappa shape index (κ1) is 28.1. The Kier molecular flexibility index (Phi) is 10.2. The molecule has 4 rings (SSSR count). The summed E-state index contributed by atoms with van der Waals surface area (Å²) in [7, 11) is 0. The van der Waals surface area contributed by atoms with Gasteiger partial charge in [-0.15, -0.1) is 0 Å². The number of fused-ring (bicyclic) bond motifs is 2. The van der Waals surface area contributed by atoms with Crippen molar-refractivity contribution in [1.29, 1.82) is 0 Å². The van der Waals surface area contributed by atoms with Crippen LogP contribution in [-0.2, 0) is 6.54 Å². The Labute approximate surface area is 198 Å². The first-order valence-electron chi connectivity index (χ1n) is 11.2. The van der Waals surface area contributed by atoms with Crippen LogP contribution in [0.5, 0.6) is 23.0 Å². The van der Waals surface area contributed by atoms with E-state index in [1.54, 1.807) is 26.2 Å². The Bertz CT molecular complexity index is 1390. The zero-order valence-corrected chi connectivity index (χ0v) is 20.7. The van der Waals surface area contributed by atoms with Crippen molar-refractivity contribution in [3.63, 3.8) is 0 Å². The molecule has 0 bridgehead atoms. The van der Waals surface area contributed by atoms with Crippen LogP contribution in [-0.4, -0.2) is 30.0 Å². The number of phenolic OH excluding ortho intramolecular Hbond substituents is 4. The SMILES string of the molecule is CC.CC.CCn1cc(C)c(=O)c2cc(O)c(O)cc21.Cc1c[nH]c2cc(O)c(O)cc2c1=O. The molecule has 184 valence electrons. The average Bonchev–Trinajstić information content (AvgIpc) is 2.84. The minimum absolute atomic E-state index is 0.116. The van der Waals surface area contributed by atoms with Crippen LogP contribution in [0, 0.1) is 13.8 Å². The first-order valence-corrected chi connectivity index (χ1v) is 11.2. The number of aromatic nitrogens is 2. The molecule has 2 heterocycles. The molecule has 0 atom stereocenters. The quantitative estimate of drug-likeness (QED) is 0.247. The van der Waals surface area contributed by atoms with Crippen molar-refractivity contribution in [2.45, 2.75) is 55.0 Å². The van der Waals surface area contributed by atoms with E-state index >= 15 is 0 Å². The third-order valence-electron chi connectivity index (χ3n) is 4.86. The van der Waals surface area contributed by atoms with Gasteiger partial charge < -0.3 is 30.0 Å². The highest BCUT2D eigenvalue weighted by Crippen LogP contribution is 2.29. The van der Waals surface area contributed by atoms with Gasteiger partial charge in [-0.25, -0.2) is 0 Å². The van der Waals surface area contributed by atoms with Gasteiger partial charge >= 0.3 is 0 Å². The van der Waals surface area contributed by atoms with Crippen LogP contribution in [0.4, 0.5) is 0 Å². The third kappa shape index (κ3) is 5.89. The second-order valence-corrected chi connectivity index (χ2v) is 6.97. The van der Waals surface area contributed by atoms with Gasteiger partial charge in [-0.2, -0.15) is 0 Å². The smallest absolute Gasteiger partial charge is 0.192 e. The number of aryl methyl sites for hydroxylation is 3. The molecule has 0 aliphatic heterocycles. The van der Waals surface area contributed by atoms with Crippen LogP contribution in [0.1, 0.15) is 45.7 Å². The predicted octanol–water partition coefficient (Wildman–Crippen LogP) is 5.04. The highest BCUT2D eigenvalue weighted by Gasteiger charge is 2.10. The minimum atomic E-state index is -0.284. The molecule has 4 aromatic rings. The molecular formula is C26H34N2O6. The number of aromatic hydroxyl groups is 4. The van der Waals surface area contributed by atoms with Crippen LogP contribution in [0.25, 0.3) is 21.8 Å². The number of nitrogens with zero attached hydrogens (tertiary/aromatic N) is 1. The number of hydrogen-bond acceptors (Lipinski definition) is 6. The molecule has 5 N–H and O–H groups in total. The van der Waals surface area contributed by atoms with Gasteiger partial charge in [0.05, 0.1) is 11.0 Å². The van der Waals surface area contributed by atoms with E-state index in [4.69, 9.17) is 0 Å². The first-order chi connectivity index (χ1) is 16.1. The van der Waals surface area contributed by atoms with Crippen molar-refractivity contribution in [2.24, 2.45) is 0 Å². The van der Waals surface area contributed by atoms with Gasteiger partial charge in [-0.3, -0.25) is 9.59 Å². The second kappa shape index (κ2) is 12.3. The van der Waals surface area contributed by atoms with E-state index in [9.17, 15) is 30.0 Å². The number of rotatable bonds is 1. The average molecular weight is 471 g/mol. The molecule has 8 nitrogen and oxygen atoms in total. The summed E-state index contributed by atoms with van der Waals surface area (Å²) in [5.41, 5.74) is 2.08. The highest BCUT2D eigenvalue weighted by atomic mass is 16.3. The monoisotopic (exact) mass is 470 g/mol. The molecule has 0 fully saturated rings. The van der Waals surface area contributed by atoms with E-state index in [1.165, 1.54) is 24.3 Å². The van der Waals surface area contributed by atoms with Crippen molar-refractivity contribution in [3.8, 4) is 23.0 Å². The van der Waals surface area contributed by atoms with Gasteiger partial charge in [0.2, 0.25) is 0 Å². The van der Waals surface area contributed by atoms with Crippen molar-refractivity contribution >= 4 is 21.8 Å². The summed E-state index contributed by atoms with van der Waals surface area (Å²) in [6, 6.07) is 5.31. The molecule has 0 aliphatic rings. The van der Waals surface area contributed by atoms with Crippen LogP contribution < -0.4 is 10.9 Å². The van der Waals surface area contributed by atoms with Gasteiger partial charge in [0.1, 0.15) is 0 Å². The number of nitrogens with one attached hydrogen (secondary N) is 1. The summed E-state index contributed by atoms with van der Waals surface area (Å²) in [5, 5.41) is 38.1. The van der Waals surface area contributed by atoms with Gasteiger partial charge in [0.25, 0.3) is 0 Å². The standard InChI is InChI=1S/C12H13NO3.C10H9NO3.2C2H6/c1-3-13-6-7(2)12(16)8-4-10(14)11(15)5-9(8)13;1-5-4-11-7-3-9(13)8(12)2-6(7)10(5)14;2*1-2/h4-6,14-15H,3H2,1-2H3;2-4,12-13H,1H3,(H,11,14);2*1-2H3. The van der Waals surface area contributed by atoms with Crippen LogP contribution >= 0.6 is 0 Å². The summed E-state index contributed by atoms with van der Waals surface area (Å²) in [6.45, 7) is 14.1. The summed E-state index contributed by atoms with van der Waals surface area (Å²) in [5.74, 6) is -0.999. The molecule has 2 aromatic carbocycles. The third-order valence-corrected chi connectivity index (χ3v) is 4.86. The Morgan fingerprint density at radius 1 is 0.735 bits per heavy atom. The lowest BCUT2D eigenvalue weighted by Gasteiger charge is -2.10. The number of pyridine rings is 2. The maximum atomic E-state index is 11.9. The molecule has 2 aromatic heterocycles. The normalized spacial score (nSPS) is 9.85. The molecule has 0 radical (unpaired) electrons. The van der Waals surface area contributed by atoms with Gasteiger partial charge in [0, 0.05) is 53.0 Å². The number of phenols is 4. The fraction of sp³-hybridized carbons (Fsp3) is 0.308. The summed E-state index contributed by atoms with van der Waals surface area (Å²) >= 11 is 0. The van der Waals surface area contributed by atoms with Crippen molar-refractivity contribution in [2.75, 3.05) is 0 Å². The molecule has 0 amide bonds. The van der Waals surface area contributed by atoms with E-state index in [-0.39, 0.29) is 33.9 Å². The van der Waals surface area contributed by atoms with Crippen LogP contribution in [0.15, 0.2) is 46.2 Å². The zero-order chi connectivity index (χ0) is 26.2. The lowest BCUT2D eigenvalue weighted by atomic mass is 10.1. The fourth-order valence-corrected chi connectivity index (χ4v) is 3.17. The van der Waals surface area contributed by atoms with E-state index in [1.807, 2.05) is 39.2 Å². The van der Waals surface area contributed by atoms with E-state index in [0.29, 0.717) is 39.5 Å². The minimum Gasteiger partial charge on any atom is -0.504 e. The van der Waals surface area contributed by atoms with Crippen molar-refractivity contribution < 1.29 is 20.4 Å². The Morgan fingerprint density at radius 3 is 1.76 bits per heavy atom. The van der Waals surface area contributed by atoms with E-state index < -0.39 is 0 Å². The molecule has 34 heavy (non-hydrogen) atoms. The van der Waals surface area contributed by atoms with Gasteiger partial charge in [0.15, 0.2) is 33.9 Å². The Balaban J connectivity index is 0.000000299. The van der Waals surface area contributed by atoms with Crippen molar-refractivity contribution in [1.82, 2.24) is 9.55 Å². The number of aromatic amines is 1. The van der Waals surface area contributed by atoms with Gasteiger partial charge in [-0.05, 0) is 32.9 Å². The van der Waals surface area contributed by atoms with Crippen LogP contribution in [0.2, 0.25) is 0 Å². The summed E-state index contributed by atoms with van der Waals surface area (Å²) in [4.78, 5) is 26.3. The maximum absolute atomic E-state index is 11.9. The van der Waals surface area contributed by atoms with Crippen molar-refractivity contribution in [3.05, 3.63) is 68.2 Å². The second-order valence-electron chi connectivity index (χ2n) is 6.97. The number of benzene rings is 2. The summed E-state index contributed by atoms with van der Waals surface area (Å²) < 4.78 is 1.87.